The molecule has 74 valence electrons. The van der Waals surface area contributed by atoms with Crippen molar-refractivity contribution < 1.29 is 0 Å². The number of rotatable bonds is 3. The highest BCUT2D eigenvalue weighted by Gasteiger charge is 2.02. The second kappa shape index (κ2) is 4.99. The van der Waals surface area contributed by atoms with E-state index >= 15 is 0 Å². The molecule has 1 aromatic carbocycles. The third-order valence-corrected chi connectivity index (χ3v) is 2.24. The van der Waals surface area contributed by atoms with E-state index in [2.05, 4.69) is 11.0 Å². The van der Waals surface area contributed by atoms with Crippen molar-refractivity contribution in [2.24, 2.45) is 0 Å². The lowest BCUT2D eigenvalue weighted by molar-refractivity contribution is 0.402. The molecule has 2 nitrogen and oxygen atoms in total. The highest BCUT2D eigenvalue weighted by Crippen LogP contribution is 2.19. The molecule has 0 aliphatic rings. The molecular formula is C11H13ClN2. The van der Waals surface area contributed by atoms with Crippen molar-refractivity contribution in [1.29, 1.82) is 5.26 Å². The van der Waals surface area contributed by atoms with Crippen LogP contribution in [0, 0.1) is 11.3 Å². The summed E-state index contributed by atoms with van der Waals surface area (Å²) in [6.45, 7) is 0.825. The Morgan fingerprint density at radius 2 is 2.14 bits per heavy atom. The molecule has 14 heavy (non-hydrogen) atoms. The Morgan fingerprint density at radius 1 is 1.43 bits per heavy atom. The Kier molecular flexibility index (Phi) is 3.94. The largest absolute Gasteiger partial charge is 0.305 e. The summed E-state index contributed by atoms with van der Waals surface area (Å²) in [7, 11) is 4.00. The van der Waals surface area contributed by atoms with Crippen molar-refractivity contribution >= 4 is 11.6 Å². The highest BCUT2D eigenvalue weighted by molar-refractivity contribution is 6.31. The van der Waals surface area contributed by atoms with Crippen LogP contribution in [0.25, 0.3) is 0 Å². The van der Waals surface area contributed by atoms with Crippen molar-refractivity contribution in [2.45, 2.75) is 13.0 Å². The molecule has 0 saturated carbocycles. The molecule has 1 aromatic rings. The molecule has 0 aliphatic heterocycles. The van der Waals surface area contributed by atoms with Crippen molar-refractivity contribution in [3.05, 3.63) is 34.3 Å². The van der Waals surface area contributed by atoms with Gasteiger partial charge in [-0.15, -0.1) is 0 Å². The smallest absolute Gasteiger partial charge is 0.0669 e. The third kappa shape index (κ3) is 3.02. The molecule has 0 aromatic heterocycles. The van der Waals surface area contributed by atoms with Gasteiger partial charge in [-0.2, -0.15) is 5.26 Å². The average molecular weight is 209 g/mol. The van der Waals surface area contributed by atoms with E-state index in [4.69, 9.17) is 16.9 Å². The second-order valence-electron chi connectivity index (χ2n) is 3.50. The lowest BCUT2D eigenvalue weighted by Crippen LogP contribution is -2.11. The van der Waals surface area contributed by atoms with E-state index in [9.17, 15) is 0 Å². The number of halogens is 1. The first-order chi connectivity index (χ1) is 6.63. The summed E-state index contributed by atoms with van der Waals surface area (Å²) < 4.78 is 0. The Balaban J connectivity index is 2.85. The van der Waals surface area contributed by atoms with Crippen LogP contribution < -0.4 is 0 Å². The maximum Gasteiger partial charge on any atom is 0.0669 e. The van der Waals surface area contributed by atoms with Gasteiger partial charge in [0.05, 0.1) is 12.5 Å². The molecular weight excluding hydrogens is 196 g/mol. The molecule has 0 spiro atoms. The van der Waals surface area contributed by atoms with Crippen molar-refractivity contribution in [2.75, 3.05) is 14.1 Å². The number of nitrogens with zero attached hydrogens (tertiary/aromatic N) is 2. The fourth-order valence-electron chi connectivity index (χ4n) is 1.26. The molecule has 0 amide bonds. The average Bonchev–Trinajstić information content (AvgIpc) is 2.10. The predicted octanol–water partition coefficient (Wildman–Crippen LogP) is 2.47. The quantitative estimate of drug-likeness (QED) is 0.763. The summed E-state index contributed by atoms with van der Waals surface area (Å²) in [5.74, 6) is 0. The van der Waals surface area contributed by atoms with Crippen molar-refractivity contribution in [3.63, 3.8) is 0 Å². The molecule has 0 saturated heterocycles. The zero-order valence-corrected chi connectivity index (χ0v) is 9.17. The minimum atomic E-state index is 0.419. The zero-order chi connectivity index (χ0) is 10.6. The van der Waals surface area contributed by atoms with Crippen molar-refractivity contribution in [3.8, 4) is 6.07 Å². The van der Waals surface area contributed by atoms with Gasteiger partial charge in [0.15, 0.2) is 0 Å². The van der Waals surface area contributed by atoms with Crippen LogP contribution in [-0.2, 0) is 13.0 Å². The van der Waals surface area contributed by atoms with E-state index in [1.54, 1.807) is 0 Å². The summed E-state index contributed by atoms with van der Waals surface area (Å²) in [5.41, 5.74) is 2.07. The first kappa shape index (κ1) is 11.0. The minimum Gasteiger partial charge on any atom is -0.305 e. The van der Waals surface area contributed by atoms with Gasteiger partial charge >= 0.3 is 0 Å². The zero-order valence-electron chi connectivity index (χ0n) is 8.42. The molecule has 0 heterocycles. The summed E-state index contributed by atoms with van der Waals surface area (Å²) >= 11 is 6.07. The predicted molar refractivity (Wildman–Crippen MR) is 58.2 cm³/mol. The summed E-state index contributed by atoms with van der Waals surface area (Å²) in [4.78, 5) is 2.06. The van der Waals surface area contributed by atoms with Gasteiger partial charge in [-0.3, -0.25) is 0 Å². The topological polar surface area (TPSA) is 27.0 Å². The standard InChI is InChI=1S/C11H13ClN2/c1-14(2)8-10-4-3-9(5-6-13)7-11(10)12/h3-4,7H,5,8H2,1-2H3. The molecule has 0 N–H and O–H groups in total. The Hall–Kier alpha value is -1.04. The van der Waals surface area contributed by atoms with Gasteiger partial charge in [0.2, 0.25) is 0 Å². The lowest BCUT2D eigenvalue weighted by atomic mass is 10.1. The molecule has 0 aliphatic carbocycles. The van der Waals surface area contributed by atoms with Crippen LogP contribution in [0.5, 0.6) is 0 Å². The number of benzene rings is 1. The number of hydrogen-bond acceptors (Lipinski definition) is 2. The first-order valence-corrected chi connectivity index (χ1v) is 4.80. The molecule has 0 atom stereocenters. The van der Waals surface area contributed by atoms with Gasteiger partial charge in [-0.05, 0) is 31.3 Å². The van der Waals surface area contributed by atoms with Crippen LogP contribution in [0.15, 0.2) is 18.2 Å². The Bertz CT molecular complexity index is 353. The van der Waals surface area contributed by atoms with Crippen LogP contribution >= 0.6 is 11.6 Å². The Labute approximate surface area is 89.7 Å². The first-order valence-electron chi connectivity index (χ1n) is 4.42. The van der Waals surface area contributed by atoms with Gasteiger partial charge in [0, 0.05) is 11.6 Å². The van der Waals surface area contributed by atoms with Gasteiger partial charge in [-0.1, -0.05) is 23.7 Å². The molecule has 0 fully saturated rings. The van der Waals surface area contributed by atoms with E-state index in [0.29, 0.717) is 6.42 Å². The molecule has 1 rings (SSSR count). The SMILES string of the molecule is CN(C)Cc1ccc(CC#N)cc1Cl. The maximum atomic E-state index is 8.52. The van der Waals surface area contributed by atoms with E-state index in [1.807, 2.05) is 32.3 Å². The molecule has 0 unspecified atom stereocenters. The van der Waals surface area contributed by atoms with Gasteiger partial charge < -0.3 is 4.90 Å². The summed E-state index contributed by atoms with van der Waals surface area (Å²) in [6.07, 6.45) is 0.419. The highest BCUT2D eigenvalue weighted by atomic mass is 35.5. The van der Waals surface area contributed by atoms with Gasteiger partial charge in [0.1, 0.15) is 0 Å². The van der Waals surface area contributed by atoms with Crippen LogP contribution in [-0.4, -0.2) is 19.0 Å². The van der Waals surface area contributed by atoms with Crippen LogP contribution in [0.2, 0.25) is 5.02 Å². The van der Waals surface area contributed by atoms with Crippen LogP contribution in [0.3, 0.4) is 0 Å². The van der Waals surface area contributed by atoms with Crippen LogP contribution in [0.1, 0.15) is 11.1 Å². The molecule has 0 radical (unpaired) electrons. The van der Waals surface area contributed by atoms with Gasteiger partial charge in [-0.25, -0.2) is 0 Å². The van der Waals surface area contributed by atoms with E-state index in [1.165, 1.54) is 0 Å². The third-order valence-electron chi connectivity index (χ3n) is 1.89. The second-order valence-corrected chi connectivity index (χ2v) is 3.91. The van der Waals surface area contributed by atoms with Crippen LogP contribution in [0.4, 0.5) is 0 Å². The molecule has 3 heteroatoms. The Morgan fingerprint density at radius 3 is 2.64 bits per heavy atom. The van der Waals surface area contributed by atoms with Crippen molar-refractivity contribution in [1.82, 2.24) is 4.90 Å². The van der Waals surface area contributed by atoms with Gasteiger partial charge in [0.25, 0.3) is 0 Å². The normalized spacial score (nSPS) is 10.2. The number of hydrogen-bond donors (Lipinski definition) is 0. The summed E-state index contributed by atoms with van der Waals surface area (Å²) in [6, 6.07) is 7.90. The maximum absolute atomic E-state index is 8.52. The van der Waals surface area contributed by atoms with E-state index < -0.39 is 0 Å². The molecule has 0 bridgehead atoms. The van der Waals surface area contributed by atoms with E-state index in [0.717, 1.165) is 22.7 Å². The fourth-order valence-corrected chi connectivity index (χ4v) is 1.52. The monoisotopic (exact) mass is 208 g/mol. The number of nitriles is 1. The fraction of sp³-hybridized carbons (Fsp3) is 0.364. The minimum absolute atomic E-state index is 0.419. The summed E-state index contributed by atoms with van der Waals surface area (Å²) in [5, 5.41) is 9.27. The lowest BCUT2D eigenvalue weighted by Gasteiger charge is -2.11. The van der Waals surface area contributed by atoms with E-state index in [-0.39, 0.29) is 0 Å².